The van der Waals surface area contributed by atoms with Crippen molar-refractivity contribution in [2.24, 2.45) is 0 Å². The number of nitrogens with zero attached hydrogens (tertiary/aromatic N) is 2. The Balaban J connectivity index is 1.71. The van der Waals surface area contributed by atoms with E-state index in [1.807, 2.05) is 63.2 Å². The van der Waals surface area contributed by atoms with Gasteiger partial charge in [-0.3, -0.25) is 13.9 Å². The molecule has 8 heteroatoms. The van der Waals surface area contributed by atoms with Gasteiger partial charge in [-0.15, -0.1) is 0 Å². The first-order chi connectivity index (χ1) is 19.2. The number of carbonyl (C=O) groups excluding carboxylic acids is 2. The summed E-state index contributed by atoms with van der Waals surface area (Å²) in [5.41, 5.74) is 2.96. The number of rotatable bonds is 11. The van der Waals surface area contributed by atoms with Crippen molar-refractivity contribution >= 4 is 27.5 Å². The van der Waals surface area contributed by atoms with E-state index in [1.165, 1.54) is 9.21 Å². The number of sulfonamides is 1. The molecule has 1 N–H and O–H groups in total. The fraction of sp³-hybridized carbons (Fsp3) is 0.375. The quantitative estimate of drug-likeness (QED) is 0.341. The summed E-state index contributed by atoms with van der Waals surface area (Å²) in [6.07, 6.45) is 4.44. The molecule has 40 heavy (non-hydrogen) atoms. The van der Waals surface area contributed by atoms with Crippen LogP contribution in [0.3, 0.4) is 0 Å². The van der Waals surface area contributed by atoms with Crippen molar-refractivity contribution in [2.45, 2.75) is 76.4 Å². The average Bonchev–Trinajstić information content (AvgIpc) is 3.46. The second kappa shape index (κ2) is 13.1. The molecule has 0 radical (unpaired) electrons. The van der Waals surface area contributed by atoms with Gasteiger partial charge in [0.1, 0.15) is 12.6 Å². The predicted octanol–water partition coefficient (Wildman–Crippen LogP) is 5.36. The second-order valence-corrected chi connectivity index (χ2v) is 12.4. The van der Waals surface area contributed by atoms with Crippen molar-refractivity contribution < 1.29 is 18.0 Å². The van der Waals surface area contributed by atoms with E-state index in [9.17, 15) is 18.0 Å². The minimum Gasteiger partial charge on any atom is -0.352 e. The van der Waals surface area contributed by atoms with Gasteiger partial charge in [0, 0.05) is 12.6 Å². The van der Waals surface area contributed by atoms with E-state index >= 15 is 0 Å². The maximum absolute atomic E-state index is 14.2. The molecule has 1 aliphatic carbocycles. The lowest BCUT2D eigenvalue weighted by molar-refractivity contribution is -0.140. The SMILES string of the molecule is CC[C@H](C(=O)NC1CCCC1)N(Cc1ccccc1)C(=O)CN(c1ccccc1C)S(=O)(=O)c1ccc(C)cc1. The lowest BCUT2D eigenvalue weighted by Crippen LogP contribution is -2.53. The van der Waals surface area contributed by atoms with Gasteiger partial charge >= 0.3 is 0 Å². The van der Waals surface area contributed by atoms with E-state index in [-0.39, 0.29) is 23.4 Å². The van der Waals surface area contributed by atoms with Gasteiger partial charge in [-0.05, 0) is 62.4 Å². The molecule has 0 spiro atoms. The van der Waals surface area contributed by atoms with Crippen LogP contribution in [0, 0.1) is 13.8 Å². The molecule has 1 aliphatic rings. The van der Waals surface area contributed by atoms with Crippen LogP contribution in [0.1, 0.15) is 55.7 Å². The fourth-order valence-corrected chi connectivity index (χ4v) is 6.74. The van der Waals surface area contributed by atoms with Gasteiger partial charge in [-0.2, -0.15) is 0 Å². The Morgan fingerprint density at radius 2 is 1.52 bits per heavy atom. The maximum atomic E-state index is 14.2. The first kappa shape index (κ1) is 29.3. The molecule has 1 fully saturated rings. The summed E-state index contributed by atoms with van der Waals surface area (Å²) < 4.78 is 29.2. The Kier molecular flexibility index (Phi) is 9.63. The summed E-state index contributed by atoms with van der Waals surface area (Å²) in [6.45, 7) is 5.36. The molecule has 4 rings (SSSR count). The molecule has 0 bridgehead atoms. The van der Waals surface area contributed by atoms with Gasteiger partial charge in [-0.25, -0.2) is 8.42 Å². The van der Waals surface area contributed by atoms with Gasteiger partial charge in [-0.1, -0.05) is 86.0 Å². The highest BCUT2D eigenvalue weighted by Gasteiger charge is 2.34. The van der Waals surface area contributed by atoms with Gasteiger partial charge in [0.25, 0.3) is 10.0 Å². The van der Waals surface area contributed by atoms with Gasteiger partial charge in [0.05, 0.1) is 10.6 Å². The smallest absolute Gasteiger partial charge is 0.264 e. The largest absolute Gasteiger partial charge is 0.352 e. The normalized spacial score (nSPS) is 14.5. The molecule has 0 aliphatic heterocycles. The van der Waals surface area contributed by atoms with Crippen LogP contribution in [-0.4, -0.2) is 43.8 Å². The van der Waals surface area contributed by atoms with Gasteiger partial charge in [0.2, 0.25) is 11.8 Å². The van der Waals surface area contributed by atoms with Crippen LogP contribution in [0.15, 0.2) is 83.8 Å². The summed E-state index contributed by atoms with van der Waals surface area (Å²) in [4.78, 5) is 29.3. The van der Waals surface area contributed by atoms with Crippen LogP contribution in [0.25, 0.3) is 0 Å². The summed E-state index contributed by atoms with van der Waals surface area (Å²) in [5.74, 6) is -0.626. The third-order valence-electron chi connectivity index (χ3n) is 7.56. The Hall–Kier alpha value is -3.65. The van der Waals surface area contributed by atoms with E-state index in [0.717, 1.165) is 42.4 Å². The number of aryl methyl sites for hydroxylation is 2. The molecule has 0 heterocycles. The van der Waals surface area contributed by atoms with E-state index in [4.69, 9.17) is 0 Å². The van der Waals surface area contributed by atoms with Crippen molar-refractivity contribution in [3.05, 3.63) is 95.6 Å². The lowest BCUT2D eigenvalue weighted by atomic mass is 10.1. The minimum absolute atomic E-state index is 0.106. The molecule has 1 saturated carbocycles. The van der Waals surface area contributed by atoms with E-state index in [1.54, 1.807) is 36.4 Å². The number of para-hydroxylation sites is 1. The average molecular weight is 562 g/mol. The number of carbonyl (C=O) groups is 2. The molecule has 1 atom stereocenters. The fourth-order valence-electron chi connectivity index (χ4n) is 5.26. The van der Waals surface area contributed by atoms with Crippen molar-refractivity contribution in [3.8, 4) is 0 Å². The summed E-state index contributed by atoms with van der Waals surface area (Å²) in [5, 5.41) is 3.14. The molecule has 7 nitrogen and oxygen atoms in total. The third-order valence-corrected chi connectivity index (χ3v) is 9.33. The Morgan fingerprint density at radius 1 is 0.900 bits per heavy atom. The molecule has 212 valence electrons. The molecule has 0 unspecified atom stereocenters. The van der Waals surface area contributed by atoms with Crippen LogP contribution in [0.4, 0.5) is 5.69 Å². The third kappa shape index (κ3) is 6.91. The zero-order valence-electron chi connectivity index (χ0n) is 23.5. The van der Waals surface area contributed by atoms with Crippen LogP contribution >= 0.6 is 0 Å². The number of anilines is 1. The van der Waals surface area contributed by atoms with Crippen molar-refractivity contribution in [1.82, 2.24) is 10.2 Å². The predicted molar refractivity (Wildman–Crippen MR) is 158 cm³/mol. The maximum Gasteiger partial charge on any atom is 0.264 e. The number of hydrogen-bond acceptors (Lipinski definition) is 4. The standard InChI is InChI=1S/C32H39N3O4S/c1-4-29(32(37)33-27-15-9-10-16-27)34(22-26-13-6-5-7-14-26)31(36)23-35(30-17-11-8-12-25(30)3)40(38,39)28-20-18-24(2)19-21-28/h5-8,11-14,17-21,27,29H,4,9-10,15-16,22-23H2,1-3H3,(H,33,37)/t29-/m1/s1. The second-order valence-electron chi connectivity index (χ2n) is 10.5. The highest BCUT2D eigenvalue weighted by molar-refractivity contribution is 7.92. The molecular formula is C32H39N3O4S. The number of benzene rings is 3. The topological polar surface area (TPSA) is 86.8 Å². The summed E-state index contributed by atoms with van der Waals surface area (Å²) in [6, 6.07) is 22.6. The van der Waals surface area contributed by atoms with Gasteiger partial charge in [0.15, 0.2) is 0 Å². The molecule has 3 aromatic carbocycles. The molecule has 2 amide bonds. The lowest BCUT2D eigenvalue weighted by Gasteiger charge is -2.34. The molecule has 0 saturated heterocycles. The first-order valence-corrected chi connectivity index (χ1v) is 15.4. The summed E-state index contributed by atoms with van der Waals surface area (Å²) >= 11 is 0. The number of hydrogen-bond donors (Lipinski definition) is 1. The number of amides is 2. The highest BCUT2D eigenvalue weighted by Crippen LogP contribution is 2.28. The molecule has 0 aromatic heterocycles. The monoisotopic (exact) mass is 561 g/mol. The van der Waals surface area contributed by atoms with Crippen molar-refractivity contribution in [1.29, 1.82) is 0 Å². The Bertz CT molecular complexity index is 1400. The Labute approximate surface area is 238 Å². The van der Waals surface area contributed by atoms with Crippen LogP contribution in [0.2, 0.25) is 0 Å². The Morgan fingerprint density at radius 3 is 2.15 bits per heavy atom. The highest BCUT2D eigenvalue weighted by atomic mass is 32.2. The van der Waals surface area contributed by atoms with Crippen LogP contribution < -0.4 is 9.62 Å². The first-order valence-electron chi connectivity index (χ1n) is 14.0. The molecule has 3 aromatic rings. The summed E-state index contributed by atoms with van der Waals surface area (Å²) in [7, 11) is -4.08. The van der Waals surface area contributed by atoms with Gasteiger partial charge < -0.3 is 10.2 Å². The van der Waals surface area contributed by atoms with Crippen molar-refractivity contribution in [3.63, 3.8) is 0 Å². The van der Waals surface area contributed by atoms with E-state index < -0.39 is 28.5 Å². The van der Waals surface area contributed by atoms with E-state index in [0.29, 0.717) is 12.1 Å². The minimum atomic E-state index is -4.08. The molecular weight excluding hydrogens is 522 g/mol. The number of nitrogens with one attached hydrogen (secondary N) is 1. The van der Waals surface area contributed by atoms with E-state index in [2.05, 4.69) is 5.32 Å². The van der Waals surface area contributed by atoms with Crippen LogP contribution in [0.5, 0.6) is 0 Å². The van der Waals surface area contributed by atoms with Crippen molar-refractivity contribution in [2.75, 3.05) is 10.8 Å². The zero-order valence-corrected chi connectivity index (χ0v) is 24.4. The van der Waals surface area contributed by atoms with Crippen LogP contribution in [-0.2, 0) is 26.2 Å². The zero-order chi connectivity index (χ0) is 28.7.